The Morgan fingerprint density at radius 3 is 2.34 bits per heavy atom. The molecule has 1 fully saturated rings. The Balaban J connectivity index is 0.898. The number of halogens is 3. The molecule has 0 unspecified atom stereocenters. The number of rotatable bonds is 9. The van der Waals surface area contributed by atoms with E-state index in [0.29, 0.717) is 38.4 Å². The molecule has 53 heavy (non-hydrogen) atoms. The molecule has 16 heteroatoms. The van der Waals surface area contributed by atoms with Crippen molar-refractivity contribution < 1.29 is 22.7 Å². The topological polar surface area (TPSA) is 132 Å². The summed E-state index contributed by atoms with van der Waals surface area (Å²) in [5, 5.41) is 5.74. The van der Waals surface area contributed by atoms with E-state index in [1.54, 1.807) is 30.5 Å². The Kier molecular flexibility index (Phi) is 9.12. The van der Waals surface area contributed by atoms with Gasteiger partial charge in [0.2, 0.25) is 0 Å². The van der Waals surface area contributed by atoms with Crippen molar-refractivity contribution in [3.05, 3.63) is 118 Å². The minimum Gasteiger partial charge on any atom is -0.465 e. The summed E-state index contributed by atoms with van der Waals surface area (Å²) in [7, 11) is 0. The van der Waals surface area contributed by atoms with Crippen LogP contribution in [0.4, 0.5) is 24.8 Å². The average molecular weight is 738 g/mol. The molecule has 12 nitrogen and oxygen atoms in total. The van der Waals surface area contributed by atoms with Crippen LogP contribution in [0.3, 0.4) is 0 Å². The van der Waals surface area contributed by atoms with Crippen LogP contribution in [0.25, 0.3) is 32.0 Å². The summed E-state index contributed by atoms with van der Waals surface area (Å²) >= 11 is 1.17. The molecule has 0 spiro atoms. The normalized spacial score (nSPS) is 13.6. The Hall–Kier alpha value is -6.03. The summed E-state index contributed by atoms with van der Waals surface area (Å²) in [6.45, 7) is 2.95. The van der Waals surface area contributed by atoms with Crippen LogP contribution in [0.2, 0.25) is 0 Å². The van der Waals surface area contributed by atoms with E-state index in [1.807, 2.05) is 36.5 Å². The highest BCUT2D eigenvalue weighted by molar-refractivity contribution is 7.18. The average Bonchev–Trinajstić information content (AvgIpc) is 3.58. The van der Waals surface area contributed by atoms with Crippen molar-refractivity contribution in [2.24, 2.45) is 0 Å². The lowest BCUT2D eigenvalue weighted by molar-refractivity contribution is -0.142. The van der Waals surface area contributed by atoms with Gasteiger partial charge in [-0.25, -0.2) is 24.6 Å². The van der Waals surface area contributed by atoms with E-state index in [-0.39, 0.29) is 25.1 Å². The van der Waals surface area contributed by atoms with Gasteiger partial charge in [0.05, 0.1) is 63.7 Å². The van der Waals surface area contributed by atoms with E-state index in [2.05, 4.69) is 29.9 Å². The first-order valence-electron chi connectivity index (χ1n) is 16.8. The van der Waals surface area contributed by atoms with Crippen LogP contribution in [0.1, 0.15) is 22.1 Å². The molecule has 1 aliphatic rings. The van der Waals surface area contributed by atoms with Crippen LogP contribution in [-0.2, 0) is 35.1 Å². The molecule has 5 heterocycles. The van der Waals surface area contributed by atoms with Gasteiger partial charge < -0.3 is 14.5 Å². The molecular weight excluding hydrogens is 708 g/mol. The minimum atomic E-state index is -4.50. The van der Waals surface area contributed by atoms with E-state index >= 15 is 0 Å². The monoisotopic (exact) mass is 737 g/mol. The zero-order chi connectivity index (χ0) is 36.5. The number of ether oxygens (including phenoxy) is 1. The number of hydrogen-bond acceptors (Lipinski definition) is 12. The molecule has 0 saturated carbocycles. The van der Waals surface area contributed by atoms with E-state index in [4.69, 9.17) is 14.7 Å². The lowest BCUT2D eigenvalue weighted by Crippen LogP contribution is -2.47. The predicted molar refractivity (Wildman–Crippen MR) is 194 cm³/mol. The number of piperazine rings is 1. The lowest BCUT2D eigenvalue weighted by atomic mass is 10.1. The first-order valence-corrected chi connectivity index (χ1v) is 17.6. The zero-order valence-corrected chi connectivity index (χ0v) is 28.8. The molecule has 0 atom stereocenters. The summed E-state index contributed by atoms with van der Waals surface area (Å²) in [4.78, 5) is 53.5. The molecule has 1 aliphatic heterocycles. The number of esters is 1. The Bertz CT molecular complexity index is 2530. The number of fused-ring (bicyclic) bond motifs is 3. The molecule has 4 aromatic heterocycles. The van der Waals surface area contributed by atoms with Crippen LogP contribution in [0, 0.1) is 0 Å². The number of anilines is 2. The van der Waals surface area contributed by atoms with E-state index in [0.717, 1.165) is 61.0 Å². The Morgan fingerprint density at radius 1 is 0.811 bits per heavy atom. The van der Waals surface area contributed by atoms with Gasteiger partial charge in [0.15, 0.2) is 0 Å². The molecule has 0 amide bonds. The number of para-hydroxylation sites is 2. The number of alkyl halides is 3. The number of nitrogens with zero attached hydrogens (tertiary/aromatic N) is 9. The highest BCUT2D eigenvalue weighted by atomic mass is 32.1. The zero-order valence-electron chi connectivity index (χ0n) is 28.0. The third kappa shape index (κ3) is 7.35. The molecule has 1 saturated heterocycles. The fourth-order valence-corrected chi connectivity index (χ4v) is 7.21. The van der Waals surface area contributed by atoms with Crippen molar-refractivity contribution in [3.8, 4) is 0 Å². The first kappa shape index (κ1) is 34.1. The largest absolute Gasteiger partial charge is 0.465 e. The van der Waals surface area contributed by atoms with Crippen LogP contribution in [-0.4, -0.2) is 73.5 Å². The first-order chi connectivity index (χ1) is 25.7. The fourth-order valence-electron chi connectivity index (χ4n) is 6.28. The van der Waals surface area contributed by atoms with Gasteiger partial charge in [-0.2, -0.15) is 18.3 Å². The molecule has 7 aromatic rings. The summed E-state index contributed by atoms with van der Waals surface area (Å²) in [6, 6.07) is 19.8. The number of aromatic nitrogens is 7. The summed E-state index contributed by atoms with van der Waals surface area (Å²) < 4.78 is 47.0. The second-order valence-corrected chi connectivity index (χ2v) is 13.5. The van der Waals surface area contributed by atoms with Gasteiger partial charge in [-0.1, -0.05) is 30.3 Å². The molecule has 0 bridgehead atoms. The maximum Gasteiger partial charge on any atom is 0.416 e. The van der Waals surface area contributed by atoms with Crippen molar-refractivity contribution >= 4 is 61.0 Å². The van der Waals surface area contributed by atoms with Gasteiger partial charge in [0, 0.05) is 44.2 Å². The molecule has 0 aliphatic carbocycles. The molecule has 268 valence electrons. The van der Waals surface area contributed by atoms with Gasteiger partial charge >= 0.3 is 12.1 Å². The minimum absolute atomic E-state index is 0.0416. The van der Waals surface area contributed by atoms with Crippen LogP contribution in [0.15, 0.2) is 90.0 Å². The SMILES string of the molecule is O=C(Cc1nn(Cc2nc3cc(C(F)(F)F)ccc3s2)c(=O)c2ccccc12)OCCc1nccc(N2CCN(c3cnc4ccccc4n3)CC2)n1. The maximum atomic E-state index is 13.4. The van der Waals surface area contributed by atoms with E-state index in [1.165, 1.54) is 22.1 Å². The highest BCUT2D eigenvalue weighted by Gasteiger charge is 2.31. The van der Waals surface area contributed by atoms with Crippen molar-refractivity contribution in [3.63, 3.8) is 0 Å². The van der Waals surface area contributed by atoms with Crippen LogP contribution >= 0.6 is 11.3 Å². The van der Waals surface area contributed by atoms with Crippen molar-refractivity contribution in [1.29, 1.82) is 0 Å². The Labute approximate surface area is 303 Å². The van der Waals surface area contributed by atoms with Crippen LogP contribution < -0.4 is 15.4 Å². The van der Waals surface area contributed by atoms with Gasteiger partial charge in [-0.05, 0) is 42.5 Å². The van der Waals surface area contributed by atoms with Crippen molar-refractivity contribution in [2.75, 3.05) is 42.6 Å². The third-order valence-electron chi connectivity index (χ3n) is 8.94. The number of carbonyl (C=O) groups is 1. The van der Waals surface area contributed by atoms with Crippen LogP contribution in [0.5, 0.6) is 0 Å². The Morgan fingerprint density at radius 2 is 1.55 bits per heavy atom. The fraction of sp³-hybridized carbons (Fsp3) is 0.243. The second-order valence-electron chi connectivity index (χ2n) is 12.4. The summed E-state index contributed by atoms with van der Waals surface area (Å²) in [5.41, 5.74) is 1.03. The quantitative estimate of drug-likeness (QED) is 0.175. The molecular formula is C37H30F3N9O3S. The van der Waals surface area contributed by atoms with Crippen molar-refractivity contribution in [1.82, 2.24) is 34.7 Å². The third-order valence-corrected chi connectivity index (χ3v) is 9.96. The van der Waals surface area contributed by atoms with E-state index in [9.17, 15) is 22.8 Å². The maximum absolute atomic E-state index is 13.4. The molecule has 0 radical (unpaired) electrons. The second kappa shape index (κ2) is 14.2. The summed E-state index contributed by atoms with van der Waals surface area (Å²) in [5.74, 6) is 1.62. The van der Waals surface area contributed by atoms with Gasteiger partial charge in [-0.3, -0.25) is 14.6 Å². The molecule has 3 aromatic carbocycles. The standard InChI is InChI=1S/C37H30F3N9O3S/c38-37(39,40)23-9-10-30-29(19-23)44-34(53-30)22-49-36(51)25-6-2-1-5-24(25)28(46-49)20-35(50)52-18-12-31-41-13-11-32(45-31)47-14-16-48(17-15-47)33-21-42-26-7-3-4-8-27(26)43-33/h1-11,13,19,21H,12,14-18,20,22H2. The number of thiazole rings is 1. The summed E-state index contributed by atoms with van der Waals surface area (Å²) in [6.07, 6.45) is -0.902. The highest BCUT2D eigenvalue weighted by Crippen LogP contribution is 2.33. The van der Waals surface area contributed by atoms with Crippen molar-refractivity contribution in [2.45, 2.75) is 25.6 Å². The van der Waals surface area contributed by atoms with E-state index < -0.39 is 23.3 Å². The molecule has 0 N–H and O–H groups in total. The smallest absolute Gasteiger partial charge is 0.416 e. The lowest BCUT2D eigenvalue weighted by Gasteiger charge is -2.36. The number of benzene rings is 3. The molecule has 8 rings (SSSR count). The van der Waals surface area contributed by atoms with Gasteiger partial charge in [-0.15, -0.1) is 11.3 Å². The van der Waals surface area contributed by atoms with Gasteiger partial charge in [0.25, 0.3) is 5.56 Å². The predicted octanol–water partition coefficient (Wildman–Crippen LogP) is 5.46. The number of hydrogen-bond donors (Lipinski definition) is 0. The van der Waals surface area contributed by atoms with Gasteiger partial charge in [0.1, 0.15) is 22.5 Å². The number of carbonyl (C=O) groups excluding carboxylic acids is 1.